The van der Waals surface area contributed by atoms with E-state index in [-0.39, 0.29) is 24.8 Å². The standard InChI is InChI=1S/C15H20FNO3/c1-11(12-3-5-13(20-2)6-4-12)14(19)17-8-7-15(16,9-17)10-18/h3-6,11,18H,7-10H2,1-2H3/t11-,15-/m0/s1. The Labute approximate surface area is 118 Å². The number of amides is 1. The molecule has 1 aromatic rings. The first-order valence-electron chi connectivity index (χ1n) is 6.71. The highest BCUT2D eigenvalue weighted by Gasteiger charge is 2.40. The minimum absolute atomic E-state index is 0.0250. The summed E-state index contributed by atoms with van der Waals surface area (Å²) < 4.78 is 19.0. The summed E-state index contributed by atoms with van der Waals surface area (Å²) >= 11 is 0. The number of ether oxygens (including phenoxy) is 1. The molecule has 4 nitrogen and oxygen atoms in total. The molecule has 1 heterocycles. The van der Waals surface area contributed by atoms with Crippen molar-refractivity contribution in [1.29, 1.82) is 0 Å². The second kappa shape index (κ2) is 5.79. The van der Waals surface area contributed by atoms with Gasteiger partial charge >= 0.3 is 0 Å². The van der Waals surface area contributed by atoms with E-state index >= 15 is 0 Å². The molecule has 1 amide bonds. The number of carbonyl (C=O) groups is 1. The summed E-state index contributed by atoms with van der Waals surface area (Å²) in [4.78, 5) is 13.8. The van der Waals surface area contributed by atoms with Gasteiger partial charge in [-0.25, -0.2) is 4.39 Å². The molecule has 0 saturated carbocycles. The lowest BCUT2D eigenvalue weighted by molar-refractivity contribution is -0.132. The van der Waals surface area contributed by atoms with Crippen LogP contribution in [0, 0.1) is 0 Å². The van der Waals surface area contributed by atoms with E-state index in [9.17, 15) is 9.18 Å². The number of hydrogen-bond acceptors (Lipinski definition) is 3. The highest BCUT2D eigenvalue weighted by molar-refractivity contribution is 5.83. The van der Waals surface area contributed by atoms with Crippen molar-refractivity contribution in [1.82, 2.24) is 4.90 Å². The minimum Gasteiger partial charge on any atom is -0.497 e. The first-order valence-corrected chi connectivity index (χ1v) is 6.71. The van der Waals surface area contributed by atoms with Crippen molar-refractivity contribution >= 4 is 5.91 Å². The Bertz CT molecular complexity index is 477. The Morgan fingerprint density at radius 2 is 2.15 bits per heavy atom. The number of nitrogens with zero attached hydrogens (tertiary/aromatic N) is 1. The van der Waals surface area contributed by atoms with Crippen molar-refractivity contribution in [2.45, 2.75) is 24.9 Å². The molecule has 1 fully saturated rings. The lowest BCUT2D eigenvalue weighted by Gasteiger charge is -2.22. The first kappa shape index (κ1) is 14.8. The van der Waals surface area contributed by atoms with Gasteiger partial charge in [0.15, 0.2) is 5.67 Å². The third kappa shape index (κ3) is 2.93. The van der Waals surface area contributed by atoms with Gasteiger partial charge in [0.25, 0.3) is 0 Å². The molecule has 0 bridgehead atoms. The van der Waals surface area contributed by atoms with Gasteiger partial charge < -0.3 is 14.7 Å². The number of rotatable bonds is 4. The average molecular weight is 281 g/mol. The molecule has 0 aromatic heterocycles. The molecule has 20 heavy (non-hydrogen) atoms. The molecule has 0 radical (unpaired) electrons. The Balaban J connectivity index is 2.05. The third-order valence-electron chi connectivity index (χ3n) is 3.89. The topological polar surface area (TPSA) is 49.8 Å². The van der Waals surface area contributed by atoms with Crippen LogP contribution < -0.4 is 4.74 Å². The predicted molar refractivity (Wildman–Crippen MR) is 73.5 cm³/mol. The Morgan fingerprint density at radius 3 is 2.65 bits per heavy atom. The van der Waals surface area contributed by atoms with Gasteiger partial charge in [-0.05, 0) is 24.6 Å². The molecule has 2 rings (SSSR count). The monoisotopic (exact) mass is 281 g/mol. The van der Waals surface area contributed by atoms with Crippen LogP contribution in [0.25, 0.3) is 0 Å². The van der Waals surface area contributed by atoms with Crippen LogP contribution in [0.5, 0.6) is 5.75 Å². The molecule has 1 N–H and O–H groups in total. The number of likely N-dealkylation sites (tertiary alicyclic amines) is 1. The molecule has 5 heteroatoms. The highest BCUT2D eigenvalue weighted by Crippen LogP contribution is 2.28. The third-order valence-corrected chi connectivity index (χ3v) is 3.89. The van der Waals surface area contributed by atoms with E-state index in [4.69, 9.17) is 9.84 Å². The first-order chi connectivity index (χ1) is 9.49. The minimum atomic E-state index is -1.64. The van der Waals surface area contributed by atoms with Crippen LogP contribution in [-0.4, -0.2) is 48.4 Å². The molecule has 1 aliphatic rings. The van der Waals surface area contributed by atoms with E-state index in [1.807, 2.05) is 12.1 Å². The van der Waals surface area contributed by atoms with Crippen LogP contribution in [0.3, 0.4) is 0 Å². The number of carbonyl (C=O) groups excluding carboxylic acids is 1. The van der Waals surface area contributed by atoms with Gasteiger partial charge in [-0.15, -0.1) is 0 Å². The van der Waals surface area contributed by atoms with Gasteiger partial charge in [-0.1, -0.05) is 12.1 Å². The maximum atomic E-state index is 14.0. The van der Waals surface area contributed by atoms with Crippen LogP contribution in [-0.2, 0) is 4.79 Å². The molecule has 0 aliphatic carbocycles. The molecule has 0 spiro atoms. The van der Waals surface area contributed by atoms with Gasteiger partial charge in [0, 0.05) is 13.0 Å². The molecule has 1 saturated heterocycles. The molecule has 1 aliphatic heterocycles. The molecule has 2 atom stereocenters. The van der Waals surface area contributed by atoms with E-state index in [1.54, 1.807) is 26.2 Å². The summed E-state index contributed by atoms with van der Waals surface area (Å²) in [7, 11) is 1.59. The summed E-state index contributed by atoms with van der Waals surface area (Å²) in [5.74, 6) is 0.294. The summed E-state index contributed by atoms with van der Waals surface area (Å²) in [5, 5.41) is 9.01. The molecule has 110 valence electrons. The summed E-state index contributed by atoms with van der Waals surface area (Å²) in [6, 6.07) is 7.28. The van der Waals surface area contributed by atoms with E-state index < -0.39 is 12.3 Å². The number of aliphatic hydroxyl groups is 1. The molecule has 1 aromatic carbocycles. The quantitative estimate of drug-likeness (QED) is 0.914. The fraction of sp³-hybridized carbons (Fsp3) is 0.533. The van der Waals surface area contributed by atoms with Crippen molar-refractivity contribution in [3.8, 4) is 5.75 Å². The number of halogens is 1. The van der Waals surface area contributed by atoms with E-state index in [0.29, 0.717) is 6.54 Å². The maximum Gasteiger partial charge on any atom is 0.229 e. The Kier molecular flexibility index (Phi) is 4.28. The van der Waals surface area contributed by atoms with Gasteiger partial charge in [0.1, 0.15) is 5.75 Å². The SMILES string of the molecule is COc1ccc([C@H](C)C(=O)N2CC[C@@](F)(CO)C2)cc1. The molecule has 0 unspecified atom stereocenters. The second-order valence-electron chi connectivity index (χ2n) is 5.31. The Hall–Kier alpha value is -1.62. The zero-order valence-corrected chi connectivity index (χ0v) is 11.8. The van der Waals surface area contributed by atoms with Crippen molar-refractivity contribution in [2.24, 2.45) is 0 Å². The lowest BCUT2D eigenvalue weighted by Crippen LogP contribution is -2.37. The van der Waals surface area contributed by atoms with E-state index in [2.05, 4.69) is 0 Å². The second-order valence-corrected chi connectivity index (χ2v) is 5.31. The fourth-order valence-electron chi connectivity index (χ4n) is 2.46. The number of methoxy groups -OCH3 is 1. The summed E-state index contributed by atoms with van der Waals surface area (Å²) in [6.45, 7) is 1.61. The van der Waals surface area contributed by atoms with Crippen LogP contribution in [0.2, 0.25) is 0 Å². The highest BCUT2D eigenvalue weighted by atomic mass is 19.1. The number of aliphatic hydroxyl groups excluding tert-OH is 1. The number of hydrogen-bond donors (Lipinski definition) is 1. The van der Waals surface area contributed by atoms with Crippen molar-refractivity contribution in [2.75, 3.05) is 26.8 Å². The normalized spacial score (nSPS) is 23.7. The largest absolute Gasteiger partial charge is 0.497 e. The van der Waals surface area contributed by atoms with Crippen LogP contribution in [0.15, 0.2) is 24.3 Å². The lowest BCUT2D eigenvalue weighted by atomic mass is 9.99. The van der Waals surface area contributed by atoms with Gasteiger partial charge in [-0.3, -0.25) is 4.79 Å². The van der Waals surface area contributed by atoms with Crippen molar-refractivity contribution < 1.29 is 19.0 Å². The van der Waals surface area contributed by atoms with E-state index in [1.165, 1.54) is 4.90 Å². The van der Waals surface area contributed by atoms with Crippen LogP contribution in [0.1, 0.15) is 24.8 Å². The van der Waals surface area contributed by atoms with Crippen LogP contribution >= 0.6 is 0 Å². The van der Waals surface area contributed by atoms with E-state index in [0.717, 1.165) is 11.3 Å². The maximum absolute atomic E-state index is 14.0. The summed E-state index contributed by atoms with van der Waals surface area (Å²) in [5.41, 5.74) is -0.772. The molecular formula is C15H20FNO3. The van der Waals surface area contributed by atoms with Gasteiger partial charge in [0.2, 0.25) is 5.91 Å². The number of benzene rings is 1. The van der Waals surface area contributed by atoms with Crippen molar-refractivity contribution in [3.05, 3.63) is 29.8 Å². The predicted octanol–water partition coefficient (Wildman–Crippen LogP) is 1.73. The van der Waals surface area contributed by atoms with Gasteiger partial charge in [0.05, 0.1) is 26.2 Å². The summed E-state index contributed by atoms with van der Waals surface area (Å²) in [6.07, 6.45) is 0.199. The zero-order chi connectivity index (χ0) is 14.8. The number of alkyl halides is 1. The van der Waals surface area contributed by atoms with Gasteiger partial charge in [-0.2, -0.15) is 0 Å². The average Bonchev–Trinajstić information content (AvgIpc) is 2.89. The van der Waals surface area contributed by atoms with Crippen LogP contribution in [0.4, 0.5) is 4.39 Å². The fourth-order valence-corrected chi connectivity index (χ4v) is 2.46. The Morgan fingerprint density at radius 1 is 1.50 bits per heavy atom. The van der Waals surface area contributed by atoms with Crippen molar-refractivity contribution in [3.63, 3.8) is 0 Å². The molecular weight excluding hydrogens is 261 g/mol. The smallest absolute Gasteiger partial charge is 0.229 e. The zero-order valence-electron chi connectivity index (χ0n) is 11.8.